The number of aliphatic imine (C=N–C) groups is 2. The first-order valence-corrected chi connectivity index (χ1v) is 23.4. The molecule has 0 saturated carbocycles. The molecule has 0 aliphatic rings. The molecule has 0 aliphatic carbocycles. The van der Waals surface area contributed by atoms with Gasteiger partial charge in [-0.2, -0.15) is 12.6 Å². The fourth-order valence-corrected chi connectivity index (χ4v) is 6.52. The monoisotopic (exact) mass is 1000 g/mol. The maximum absolute atomic E-state index is 13.6. The van der Waals surface area contributed by atoms with Gasteiger partial charge in [-0.15, -0.1) is 0 Å². The van der Waals surface area contributed by atoms with E-state index < -0.39 is 120 Å². The van der Waals surface area contributed by atoms with Gasteiger partial charge >= 0.3 is 5.97 Å². The van der Waals surface area contributed by atoms with Gasteiger partial charge in [0.05, 0.1) is 18.7 Å². The number of carbonyl (C=O) groups excluding carboxylic acids is 8. The second-order valence-corrected chi connectivity index (χ2v) is 17.5. The van der Waals surface area contributed by atoms with Crippen LogP contribution < -0.4 is 76.9 Å². The van der Waals surface area contributed by atoms with E-state index in [1.807, 2.05) is 0 Å². The van der Waals surface area contributed by atoms with E-state index in [4.69, 9.17) is 34.4 Å². The summed E-state index contributed by atoms with van der Waals surface area (Å²) >= 11 is 4.13. The first-order valence-electron chi connectivity index (χ1n) is 22.7. The molecule has 0 unspecified atom stereocenters. The minimum absolute atomic E-state index is 0.0448. The Labute approximate surface area is 408 Å². The number of thiol groups is 1. The number of guanidine groups is 2. The van der Waals surface area contributed by atoms with E-state index in [9.17, 15) is 53.4 Å². The van der Waals surface area contributed by atoms with Crippen LogP contribution in [0.4, 0.5) is 0 Å². The third-order valence-electron chi connectivity index (χ3n) is 10.1. The minimum atomic E-state index is -1.65. The molecule has 0 aromatic rings. The number of carboxylic acid groups (broad SMARTS) is 1. The number of hydrogen-bond donors (Lipinski definition) is 17. The Hall–Kier alpha value is -6.00. The van der Waals surface area contributed by atoms with Crippen LogP contribution in [-0.4, -0.2) is 162 Å². The van der Waals surface area contributed by atoms with Gasteiger partial charge in [0.1, 0.15) is 42.3 Å². The van der Waals surface area contributed by atoms with Crippen molar-refractivity contribution in [2.45, 2.75) is 147 Å². The molecule has 0 radical (unpaired) electrons. The highest BCUT2D eigenvalue weighted by atomic mass is 32.1. The molecule has 28 heteroatoms. The van der Waals surface area contributed by atoms with Crippen molar-refractivity contribution in [1.82, 2.24) is 42.5 Å². The Kier molecular flexibility index (Phi) is 30.6. The quantitative estimate of drug-likeness (QED) is 0.0124. The van der Waals surface area contributed by atoms with Crippen molar-refractivity contribution >= 4 is 77.8 Å². The number of aliphatic hydroxyl groups is 1. The lowest BCUT2D eigenvalue weighted by Crippen LogP contribution is -2.61. The third-order valence-corrected chi connectivity index (χ3v) is 10.5. The maximum Gasteiger partial charge on any atom is 0.326 e. The summed E-state index contributed by atoms with van der Waals surface area (Å²) < 4.78 is 0. The highest BCUT2D eigenvalue weighted by Crippen LogP contribution is 2.09. The Morgan fingerprint density at radius 2 is 1.06 bits per heavy atom. The van der Waals surface area contributed by atoms with Crippen LogP contribution in [-0.2, 0) is 43.2 Å². The number of nitrogens with one attached hydrogen (secondary N) is 8. The molecule has 394 valence electrons. The van der Waals surface area contributed by atoms with Crippen LogP contribution in [0.2, 0.25) is 0 Å². The molecule has 0 aliphatic heterocycles. The molecule has 0 aromatic heterocycles. The summed E-state index contributed by atoms with van der Waals surface area (Å²) in [7, 11) is 0. The van der Waals surface area contributed by atoms with Gasteiger partial charge in [0.2, 0.25) is 47.3 Å². The van der Waals surface area contributed by atoms with Gasteiger partial charge in [0.15, 0.2) is 11.9 Å². The smallest absolute Gasteiger partial charge is 0.326 e. The molecule has 0 fully saturated rings. The summed E-state index contributed by atoms with van der Waals surface area (Å²) in [6, 6.07) is -10.2. The molecule has 69 heavy (non-hydrogen) atoms. The third kappa shape index (κ3) is 26.4. The van der Waals surface area contributed by atoms with Gasteiger partial charge in [-0.1, -0.05) is 27.7 Å². The summed E-state index contributed by atoms with van der Waals surface area (Å²) in [5.74, 6) is -9.03. The SMILES string of the molecule is CC(C)C[C@H](NC(=O)[C@H](CS)NC(=O)[C@H](CCCCN)NC(=O)CNC(=O)[C@@H](NC(=O)[C@@H](NC(=O)[C@H](C)NC(=O)[C@H](CCCN=C(N)N)NC(=O)[C@@H](N)CCCN=C(N)N)C(C)C)[C@@H](C)O)C(=O)O. The Morgan fingerprint density at radius 3 is 1.57 bits per heavy atom. The number of hydrogen-bond acceptors (Lipinski definition) is 15. The van der Waals surface area contributed by atoms with Crippen molar-refractivity contribution in [1.29, 1.82) is 0 Å². The average molecular weight is 1000 g/mol. The predicted molar refractivity (Wildman–Crippen MR) is 260 cm³/mol. The molecule has 0 heterocycles. The van der Waals surface area contributed by atoms with Crippen LogP contribution in [0, 0.1) is 11.8 Å². The normalized spacial score (nSPS) is 15.0. The molecule has 27 nitrogen and oxygen atoms in total. The van der Waals surface area contributed by atoms with Gasteiger partial charge in [-0.25, -0.2) is 4.79 Å². The van der Waals surface area contributed by atoms with Crippen LogP contribution in [0.5, 0.6) is 0 Å². The highest BCUT2D eigenvalue weighted by molar-refractivity contribution is 7.80. The maximum atomic E-state index is 13.6. The van der Waals surface area contributed by atoms with Gasteiger partial charge < -0.3 is 87.1 Å². The predicted octanol–water partition coefficient (Wildman–Crippen LogP) is -5.82. The van der Waals surface area contributed by atoms with E-state index in [2.05, 4.69) is 65.1 Å². The Balaban J connectivity index is 5.83. The number of unbranched alkanes of at least 4 members (excludes halogenated alkanes) is 1. The Morgan fingerprint density at radius 1 is 0.565 bits per heavy atom. The van der Waals surface area contributed by atoms with Crippen LogP contribution in [0.15, 0.2) is 9.98 Å². The summed E-state index contributed by atoms with van der Waals surface area (Å²) in [4.78, 5) is 125. The molecule has 0 aromatic carbocycles. The van der Waals surface area contributed by atoms with Gasteiger partial charge in [-0.05, 0) is 83.6 Å². The largest absolute Gasteiger partial charge is 0.480 e. The first-order chi connectivity index (χ1) is 32.2. The number of carbonyl (C=O) groups is 9. The first kappa shape index (κ1) is 63.0. The number of aliphatic hydroxyl groups excluding tert-OH is 1. The summed E-state index contributed by atoms with van der Waals surface area (Å²) in [5.41, 5.74) is 33.1. The zero-order valence-corrected chi connectivity index (χ0v) is 41.3. The lowest BCUT2D eigenvalue weighted by Gasteiger charge is -2.28. The zero-order chi connectivity index (χ0) is 53.0. The highest BCUT2D eigenvalue weighted by Gasteiger charge is 2.34. The number of aliphatic carboxylic acids is 1. The van der Waals surface area contributed by atoms with Gasteiger partial charge in [0, 0.05) is 18.8 Å². The van der Waals surface area contributed by atoms with Crippen molar-refractivity contribution in [3.05, 3.63) is 0 Å². The zero-order valence-electron chi connectivity index (χ0n) is 40.4. The van der Waals surface area contributed by atoms with E-state index in [1.165, 1.54) is 13.8 Å². The van der Waals surface area contributed by atoms with Crippen LogP contribution in [0.1, 0.15) is 92.9 Å². The van der Waals surface area contributed by atoms with Crippen LogP contribution >= 0.6 is 12.6 Å². The number of nitrogens with zero attached hydrogens (tertiary/aromatic N) is 2. The van der Waals surface area contributed by atoms with E-state index in [-0.39, 0.29) is 75.3 Å². The number of rotatable bonds is 34. The molecular formula is C41H78N16O11S. The summed E-state index contributed by atoms with van der Waals surface area (Å²) in [6.07, 6.45) is 0.388. The average Bonchev–Trinajstić information content (AvgIpc) is 3.26. The summed E-state index contributed by atoms with van der Waals surface area (Å²) in [6.45, 7) is 9.17. The van der Waals surface area contributed by atoms with Crippen molar-refractivity contribution in [3.63, 3.8) is 0 Å². The standard InChI is InChI=1S/C41H78N16O11S/c1-20(2)17-27(39(67)68)54-36(64)28(19-69)55-35(63)25(12-7-8-14-42)52-29(59)18-50-37(65)31(23(6)58)57-38(66)30(21(3)4)56-32(60)22(5)51-34(62)26(13-10-16-49-41(46)47)53-33(61)24(43)11-9-15-48-40(44)45/h20-28,30-31,58,69H,7-19,42-43H2,1-6H3,(H,50,65)(H,51,62)(H,52,59)(H,53,61)(H,54,64)(H,55,63)(H,56,60)(H,57,66)(H,67,68)(H4,44,45,48)(H4,46,47,49)/t22-,23+,24-,25-,26-,27-,28-,30-,31-/m0/s1. The fraction of sp³-hybridized carbons (Fsp3) is 0.732. The van der Waals surface area contributed by atoms with E-state index in [1.54, 1.807) is 27.7 Å². The molecule has 0 spiro atoms. The Bertz CT molecular complexity index is 1760. The van der Waals surface area contributed by atoms with E-state index in [0.717, 1.165) is 0 Å². The minimum Gasteiger partial charge on any atom is -0.480 e. The van der Waals surface area contributed by atoms with Crippen LogP contribution in [0.25, 0.3) is 0 Å². The van der Waals surface area contributed by atoms with Crippen molar-refractivity contribution in [2.75, 3.05) is 31.9 Å². The van der Waals surface area contributed by atoms with E-state index in [0.29, 0.717) is 19.3 Å². The second kappa shape index (κ2) is 33.5. The molecule has 0 bridgehead atoms. The topological polar surface area (TPSA) is 471 Å². The van der Waals surface area contributed by atoms with Crippen molar-refractivity contribution in [3.8, 4) is 0 Å². The lowest BCUT2D eigenvalue weighted by molar-refractivity contribution is -0.142. The number of carboxylic acids is 1. The fourth-order valence-electron chi connectivity index (χ4n) is 6.26. The molecule has 8 amide bonds. The number of amides is 8. The molecule has 0 rings (SSSR count). The molecule has 0 saturated heterocycles. The van der Waals surface area contributed by atoms with Crippen molar-refractivity contribution in [2.24, 2.45) is 56.2 Å². The van der Waals surface area contributed by atoms with Crippen molar-refractivity contribution < 1.29 is 53.4 Å². The van der Waals surface area contributed by atoms with Gasteiger partial charge in [0.25, 0.3) is 0 Å². The molecule has 22 N–H and O–H groups in total. The lowest BCUT2D eigenvalue weighted by atomic mass is 10.0. The molecular weight excluding hydrogens is 925 g/mol. The van der Waals surface area contributed by atoms with E-state index >= 15 is 0 Å². The molecule has 9 atom stereocenters. The van der Waals surface area contributed by atoms with Gasteiger partial charge in [-0.3, -0.25) is 48.3 Å². The summed E-state index contributed by atoms with van der Waals surface area (Å²) in [5, 5.41) is 39.7. The second-order valence-electron chi connectivity index (χ2n) is 17.1. The number of nitrogens with two attached hydrogens (primary N) is 6. The van der Waals surface area contributed by atoms with Crippen LogP contribution in [0.3, 0.4) is 0 Å².